The highest BCUT2D eigenvalue weighted by Gasteiger charge is 2.22. The van der Waals surface area contributed by atoms with Gasteiger partial charge in [-0.25, -0.2) is 0 Å². The number of carbonyl (C=O) groups excluding carboxylic acids is 1. The van der Waals surface area contributed by atoms with E-state index in [0.29, 0.717) is 24.5 Å². The van der Waals surface area contributed by atoms with Crippen LogP contribution in [-0.2, 0) is 4.79 Å². The SMILES string of the molecule is COc1ccc([N+](=O)[O-])cc1N/C=C(/C#N)C(=O)N1CCN(C)CC1. The topological polar surface area (TPSA) is 112 Å². The third-order valence-corrected chi connectivity index (χ3v) is 3.91. The Morgan fingerprint density at radius 3 is 2.64 bits per heavy atom. The van der Waals surface area contributed by atoms with Gasteiger partial charge in [0.25, 0.3) is 11.6 Å². The van der Waals surface area contributed by atoms with E-state index >= 15 is 0 Å². The van der Waals surface area contributed by atoms with Crippen LogP contribution in [0.5, 0.6) is 5.75 Å². The van der Waals surface area contributed by atoms with Gasteiger partial charge in [-0.2, -0.15) is 5.26 Å². The number of anilines is 1. The fraction of sp³-hybridized carbons (Fsp3) is 0.375. The molecule has 0 atom stereocenters. The number of nitrogens with one attached hydrogen (secondary N) is 1. The van der Waals surface area contributed by atoms with Gasteiger partial charge >= 0.3 is 0 Å². The third kappa shape index (κ3) is 4.45. The Bertz CT molecular complexity index is 733. The Labute approximate surface area is 145 Å². The molecule has 0 saturated carbocycles. The maximum atomic E-state index is 12.4. The molecule has 0 spiro atoms. The van der Waals surface area contributed by atoms with Gasteiger partial charge in [-0.3, -0.25) is 14.9 Å². The van der Waals surface area contributed by atoms with Crippen molar-refractivity contribution in [2.24, 2.45) is 0 Å². The first-order valence-corrected chi connectivity index (χ1v) is 7.63. The Kier molecular flexibility index (Phi) is 5.92. The van der Waals surface area contributed by atoms with Gasteiger partial charge in [0.2, 0.25) is 0 Å². The average Bonchev–Trinajstić information content (AvgIpc) is 2.62. The Morgan fingerprint density at radius 1 is 1.40 bits per heavy atom. The first-order valence-electron chi connectivity index (χ1n) is 7.63. The molecule has 1 N–H and O–H groups in total. The minimum absolute atomic E-state index is 0.0712. The van der Waals surface area contributed by atoms with E-state index in [4.69, 9.17) is 4.74 Å². The number of carbonyl (C=O) groups is 1. The monoisotopic (exact) mass is 345 g/mol. The number of nitro groups is 1. The second-order valence-corrected chi connectivity index (χ2v) is 5.55. The van der Waals surface area contributed by atoms with Crippen LogP contribution in [-0.4, -0.2) is 61.0 Å². The summed E-state index contributed by atoms with van der Waals surface area (Å²) in [6.45, 7) is 2.59. The van der Waals surface area contributed by atoms with E-state index in [2.05, 4.69) is 10.2 Å². The van der Waals surface area contributed by atoms with Gasteiger partial charge in [-0.05, 0) is 13.1 Å². The normalized spacial score (nSPS) is 15.4. The van der Waals surface area contributed by atoms with Crippen molar-refractivity contribution < 1.29 is 14.5 Å². The van der Waals surface area contributed by atoms with E-state index in [1.165, 1.54) is 31.5 Å². The summed E-state index contributed by atoms with van der Waals surface area (Å²) >= 11 is 0. The lowest BCUT2D eigenvalue weighted by Gasteiger charge is -2.32. The summed E-state index contributed by atoms with van der Waals surface area (Å²) < 4.78 is 5.14. The highest BCUT2D eigenvalue weighted by atomic mass is 16.6. The van der Waals surface area contributed by atoms with E-state index < -0.39 is 4.92 Å². The molecule has 0 unspecified atom stereocenters. The van der Waals surface area contributed by atoms with Crippen molar-refractivity contribution >= 4 is 17.3 Å². The quantitative estimate of drug-likeness (QED) is 0.369. The Balaban J connectivity index is 2.18. The number of nitro benzene ring substituents is 1. The van der Waals surface area contributed by atoms with Gasteiger partial charge in [0.15, 0.2) is 0 Å². The zero-order chi connectivity index (χ0) is 18.4. The Morgan fingerprint density at radius 2 is 2.08 bits per heavy atom. The average molecular weight is 345 g/mol. The fourth-order valence-corrected chi connectivity index (χ4v) is 2.39. The number of likely N-dealkylation sites (N-methyl/N-ethyl adjacent to an activating group) is 1. The predicted molar refractivity (Wildman–Crippen MR) is 91.0 cm³/mol. The number of methoxy groups -OCH3 is 1. The molecule has 1 fully saturated rings. The van der Waals surface area contributed by atoms with Gasteiger partial charge < -0.3 is 19.9 Å². The summed E-state index contributed by atoms with van der Waals surface area (Å²) in [4.78, 5) is 26.5. The lowest BCUT2D eigenvalue weighted by molar-refractivity contribution is -0.384. The molecule has 9 nitrogen and oxygen atoms in total. The molecule has 1 aromatic carbocycles. The van der Waals surface area contributed by atoms with Crippen LogP contribution in [0.15, 0.2) is 30.0 Å². The summed E-state index contributed by atoms with van der Waals surface area (Å²) in [5.41, 5.74) is 0.106. The number of rotatable bonds is 5. The number of amides is 1. The van der Waals surface area contributed by atoms with E-state index in [0.717, 1.165) is 13.1 Å². The number of benzene rings is 1. The van der Waals surface area contributed by atoms with E-state index in [1.54, 1.807) is 4.90 Å². The molecule has 0 bridgehead atoms. The molecular formula is C16H19N5O4. The van der Waals surface area contributed by atoms with Crippen molar-refractivity contribution in [3.63, 3.8) is 0 Å². The number of ether oxygens (including phenoxy) is 1. The van der Waals surface area contributed by atoms with Crippen LogP contribution in [0.2, 0.25) is 0 Å². The highest BCUT2D eigenvalue weighted by molar-refractivity contribution is 5.97. The molecule has 1 aliphatic heterocycles. The van der Waals surface area contributed by atoms with Crippen LogP contribution < -0.4 is 10.1 Å². The molecule has 132 valence electrons. The molecule has 25 heavy (non-hydrogen) atoms. The van der Waals surface area contributed by atoms with Gasteiger partial charge in [-0.1, -0.05) is 0 Å². The lowest BCUT2D eigenvalue weighted by atomic mass is 10.2. The maximum absolute atomic E-state index is 12.4. The van der Waals surface area contributed by atoms with Crippen molar-refractivity contribution in [1.82, 2.24) is 9.80 Å². The first-order chi connectivity index (χ1) is 12.0. The lowest BCUT2D eigenvalue weighted by Crippen LogP contribution is -2.47. The largest absolute Gasteiger partial charge is 0.495 e. The molecule has 0 aromatic heterocycles. The number of nitrogens with zero attached hydrogens (tertiary/aromatic N) is 4. The van der Waals surface area contributed by atoms with Crippen LogP contribution in [0.3, 0.4) is 0 Å². The number of nitriles is 1. The molecule has 1 amide bonds. The second-order valence-electron chi connectivity index (χ2n) is 5.55. The molecule has 1 saturated heterocycles. The van der Waals surface area contributed by atoms with Crippen LogP contribution in [0.4, 0.5) is 11.4 Å². The van der Waals surface area contributed by atoms with Gasteiger partial charge in [-0.15, -0.1) is 0 Å². The summed E-state index contributed by atoms with van der Waals surface area (Å²) in [6.07, 6.45) is 1.25. The fourth-order valence-electron chi connectivity index (χ4n) is 2.39. The van der Waals surface area contributed by atoms with Crippen LogP contribution >= 0.6 is 0 Å². The summed E-state index contributed by atoms with van der Waals surface area (Å²) in [7, 11) is 3.40. The van der Waals surface area contributed by atoms with Gasteiger partial charge in [0.05, 0.1) is 17.7 Å². The molecule has 2 rings (SSSR count). The standard InChI is InChI=1S/C16H19N5O4/c1-19-5-7-20(8-6-19)16(22)12(10-17)11-18-14-9-13(21(23)24)3-4-15(14)25-2/h3-4,9,11,18H,5-8H2,1-2H3/b12-11-. The van der Waals surface area contributed by atoms with E-state index in [9.17, 15) is 20.2 Å². The van der Waals surface area contributed by atoms with Gasteiger partial charge in [0, 0.05) is 44.5 Å². The van der Waals surface area contributed by atoms with Crippen LogP contribution in [0.25, 0.3) is 0 Å². The second kappa shape index (κ2) is 8.12. The molecule has 1 aliphatic rings. The van der Waals surface area contributed by atoms with E-state index in [1.807, 2.05) is 13.1 Å². The molecule has 1 aromatic rings. The minimum atomic E-state index is -0.533. The molecule has 0 aliphatic carbocycles. The number of hydrogen-bond acceptors (Lipinski definition) is 7. The summed E-state index contributed by atoms with van der Waals surface area (Å²) in [5.74, 6) is -0.00122. The number of hydrogen-bond donors (Lipinski definition) is 1. The third-order valence-electron chi connectivity index (χ3n) is 3.91. The Hall–Kier alpha value is -3.12. The van der Waals surface area contributed by atoms with E-state index in [-0.39, 0.29) is 17.2 Å². The van der Waals surface area contributed by atoms with Crippen molar-refractivity contribution in [3.8, 4) is 11.8 Å². The van der Waals surface area contributed by atoms with Crippen molar-refractivity contribution in [2.45, 2.75) is 0 Å². The van der Waals surface area contributed by atoms with Crippen LogP contribution in [0, 0.1) is 21.4 Å². The van der Waals surface area contributed by atoms with Crippen molar-refractivity contribution in [2.75, 3.05) is 45.7 Å². The summed E-state index contributed by atoms with van der Waals surface area (Å²) in [6, 6.07) is 5.92. The zero-order valence-corrected chi connectivity index (χ0v) is 14.1. The van der Waals surface area contributed by atoms with Gasteiger partial charge in [0.1, 0.15) is 17.4 Å². The predicted octanol–water partition coefficient (Wildman–Crippen LogP) is 1.20. The first kappa shape index (κ1) is 18.2. The minimum Gasteiger partial charge on any atom is -0.495 e. The molecule has 9 heteroatoms. The zero-order valence-electron chi connectivity index (χ0n) is 14.1. The number of non-ortho nitro benzene ring substituents is 1. The van der Waals surface area contributed by atoms with Crippen molar-refractivity contribution in [1.29, 1.82) is 5.26 Å². The smallest absolute Gasteiger partial charge is 0.271 e. The summed E-state index contributed by atoms with van der Waals surface area (Å²) in [5, 5.41) is 22.9. The molecule has 1 heterocycles. The highest BCUT2D eigenvalue weighted by Crippen LogP contribution is 2.29. The maximum Gasteiger partial charge on any atom is 0.271 e. The molecular weight excluding hydrogens is 326 g/mol. The number of piperazine rings is 1. The van der Waals surface area contributed by atoms with Crippen molar-refractivity contribution in [3.05, 3.63) is 40.1 Å². The molecule has 0 radical (unpaired) electrons. The van der Waals surface area contributed by atoms with Crippen LogP contribution in [0.1, 0.15) is 0 Å².